The summed E-state index contributed by atoms with van der Waals surface area (Å²) in [5, 5.41) is 0. The monoisotopic (exact) mass is 363 g/mol. The quantitative estimate of drug-likeness (QED) is 0.681. The normalized spacial score (nSPS) is 19.7. The van der Waals surface area contributed by atoms with Gasteiger partial charge in [0.15, 0.2) is 11.5 Å². The van der Waals surface area contributed by atoms with Gasteiger partial charge in [-0.05, 0) is 64.5 Å². The second-order valence-corrected chi connectivity index (χ2v) is 6.93. The van der Waals surface area contributed by atoms with Crippen LogP contribution in [0.4, 0.5) is 0 Å². The second-order valence-electron chi connectivity index (χ2n) is 6.93. The molecule has 146 valence electrons. The van der Waals surface area contributed by atoms with E-state index >= 15 is 0 Å². The first-order chi connectivity index (χ1) is 12.5. The molecule has 1 fully saturated rings. The average molecular weight is 363 g/mol. The maximum atomic E-state index is 13.1. The summed E-state index contributed by atoms with van der Waals surface area (Å²) in [5.41, 5.74) is 0.585. The lowest BCUT2D eigenvalue weighted by molar-refractivity contribution is 0.0678. The molecule has 0 aromatic heterocycles. The van der Waals surface area contributed by atoms with Crippen molar-refractivity contribution in [2.24, 2.45) is 5.92 Å². The Morgan fingerprint density at radius 1 is 0.962 bits per heavy atom. The minimum absolute atomic E-state index is 0.00880. The minimum Gasteiger partial charge on any atom is -0.490 e. The first-order valence-corrected chi connectivity index (χ1v) is 9.85. The first kappa shape index (κ1) is 20.4. The van der Waals surface area contributed by atoms with Crippen LogP contribution < -0.4 is 14.2 Å². The van der Waals surface area contributed by atoms with Gasteiger partial charge in [0, 0.05) is 18.7 Å². The topological polar surface area (TPSA) is 48.0 Å². The smallest absolute Gasteiger partial charge is 0.254 e. The average Bonchev–Trinajstić information content (AvgIpc) is 2.64. The van der Waals surface area contributed by atoms with Crippen molar-refractivity contribution in [1.29, 1.82) is 0 Å². The number of amides is 1. The highest BCUT2D eigenvalue weighted by atomic mass is 16.5. The predicted molar refractivity (Wildman–Crippen MR) is 103 cm³/mol. The van der Waals surface area contributed by atoms with E-state index < -0.39 is 0 Å². The van der Waals surface area contributed by atoms with Crippen molar-refractivity contribution in [3.05, 3.63) is 17.7 Å². The molecular formula is C21H33NO4. The standard InChI is InChI=1S/C21H33NO4/c1-6-24-18-13-16(14-19(25-7-2)20(18)26-8-3)21(23)22(5)17-11-9-15(4)10-12-17/h13-15,17H,6-12H2,1-5H3. The van der Waals surface area contributed by atoms with Gasteiger partial charge in [-0.1, -0.05) is 6.92 Å². The van der Waals surface area contributed by atoms with Crippen LogP contribution in [0.15, 0.2) is 12.1 Å². The number of ether oxygens (including phenoxy) is 3. The van der Waals surface area contributed by atoms with Crippen molar-refractivity contribution in [1.82, 2.24) is 4.90 Å². The Kier molecular flexibility index (Phi) is 7.61. The summed E-state index contributed by atoms with van der Waals surface area (Å²) < 4.78 is 17.2. The number of benzene rings is 1. The second kappa shape index (κ2) is 9.70. The van der Waals surface area contributed by atoms with Crippen molar-refractivity contribution < 1.29 is 19.0 Å². The van der Waals surface area contributed by atoms with Gasteiger partial charge in [0.1, 0.15) is 0 Å². The van der Waals surface area contributed by atoms with Crippen molar-refractivity contribution in [3.63, 3.8) is 0 Å². The van der Waals surface area contributed by atoms with Crippen molar-refractivity contribution in [2.45, 2.75) is 59.4 Å². The third-order valence-electron chi connectivity index (χ3n) is 5.01. The molecule has 26 heavy (non-hydrogen) atoms. The first-order valence-electron chi connectivity index (χ1n) is 9.85. The maximum Gasteiger partial charge on any atom is 0.254 e. The van der Waals surface area contributed by atoms with E-state index in [4.69, 9.17) is 14.2 Å². The molecule has 0 saturated heterocycles. The molecule has 5 heteroatoms. The van der Waals surface area contributed by atoms with Gasteiger partial charge in [0.25, 0.3) is 5.91 Å². The Hall–Kier alpha value is -1.91. The zero-order valence-corrected chi connectivity index (χ0v) is 16.8. The van der Waals surface area contributed by atoms with Crippen molar-refractivity contribution >= 4 is 5.91 Å². The number of carbonyl (C=O) groups is 1. The van der Waals surface area contributed by atoms with Gasteiger partial charge >= 0.3 is 0 Å². The van der Waals surface area contributed by atoms with E-state index in [2.05, 4.69) is 6.92 Å². The van der Waals surface area contributed by atoms with Crippen LogP contribution in [0.5, 0.6) is 17.2 Å². The summed E-state index contributed by atoms with van der Waals surface area (Å²) in [5.74, 6) is 2.47. The van der Waals surface area contributed by atoms with Crippen LogP contribution in [-0.2, 0) is 0 Å². The molecule has 0 radical (unpaired) electrons. The van der Waals surface area contributed by atoms with E-state index in [1.165, 1.54) is 12.8 Å². The number of rotatable bonds is 8. The van der Waals surface area contributed by atoms with E-state index in [1.54, 1.807) is 12.1 Å². The van der Waals surface area contributed by atoms with Gasteiger partial charge in [-0.25, -0.2) is 0 Å². The van der Waals surface area contributed by atoms with E-state index in [0.29, 0.717) is 48.7 Å². The maximum absolute atomic E-state index is 13.1. The van der Waals surface area contributed by atoms with Gasteiger partial charge in [-0.2, -0.15) is 0 Å². The van der Waals surface area contributed by atoms with Gasteiger partial charge < -0.3 is 19.1 Å². The molecule has 1 aliphatic rings. The van der Waals surface area contributed by atoms with Crippen LogP contribution in [0.3, 0.4) is 0 Å². The SMILES string of the molecule is CCOc1cc(C(=O)N(C)C2CCC(C)CC2)cc(OCC)c1OCC. The molecule has 0 unspecified atom stereocenters. The third-order valence-corrected chi connectivity index (χ3v) is 5.01. The summed E-state index contributed by atoms with van der Waals surface area (Å²) in [4.78, 5) is 15.0. The summed E-state index contributed by atoms with van der Waals surface area (Å²) >= 11 is 0. The highest BCUT2D eigenvalue weighted by molar-refractivity contribution is 5.95. The van der Waals surface area contributed by atoms with Gasteiger partial charge in [0.2, 0.25) is 5.75 Å². The molecule has 0 aliphatic heterocycles. The number of hydrogen-bond acceptors (Lipinski definition) is 4. The number of carbonyl (C=O) groups excluding carboxylic acids is 1. The Bertz CT molecular complexity index is 567. The molecule has 5 nitrogen and oxygen atoms in total. The van der Waals surface area contributed by atoms with Crippen LogP contribution in [0.2, 0.25) is 0 Å². The fourth-order valence-electron chi connectivity index (χ4n) is 3.51. The lowest BCUT2D eigenvalue weighted by atomic mass is 9.86. The van der Waals surface area contributed by atoms with Crippen LogP contribution >= 0.6 is 0 Å². The van der Waals surface area contributed by atoms with Crippen LogP contribution in [0.1, 0.15) is 63.7 Å². The zero-order chi connectivity index (χ0) is 19.1. The lowest BCUT2D eigenvalue weighted by Crippen LogP contribution is -2.39. The van der Waals surface area contributed by atoms with Gasteiger partial charge in [-0.3, -0.25) is 4.79 Å². The Morgan fingerprint density at radius 2 is 1.46 bits per heavy atom. The predicted octanol–water partition coefficient (Wildman–Crippen LogP) is 4.53. The number of nitrogens with zero attached hydrogens (tertiary/aromatic N) is 1. The van der Waals surface area contributed by atoms with Gasteiger partial charge in [0.05, 0.1) is 19.8 Å². The molecule has 0 heterocycles. The lowest BCUT2D eigenvalue weighted by Gasteiger charge is -2.33. The van der Waals surface area contributed by atoms with E-state index in [-0.39, 0.29) is 5.91 Å². The Labute approximate surface area is 157 Å². The highest BCUT2D eigenvalue weighted by Gasteiger charge is 2.27. The molecule has 1 aromatic rings. The molecule has 1 aromatic carbocycles. The largest absolute Gasteiger partial charge is 0.490 e. The molecule has 1 aliphatic carbocycles. The summed E-state index contributed by atoms with van der Waals surface area (Å²) in [6, 6.07) is 3.86. The molecule has 0 bridgehead atoms. The Morgan fingerprint density at radius 3 is 1.92 bits per heavy atom. The molecule has 0 spiro atoms. The Balaban J connectivity index is 2.30. The fourth-order valence-corrected chi connectivity index (χ4v) is 3.51. The molecule has 2 rings (SSSR count). The van der Waals surface area contributed by atoms with Crippen molar-refractivity contribution in [2.75, 3.05) is 26.9 Å². The molecule has 0 atom stereocenters. The zero-order valence-electron chi connectivity index (χ0n) is 16.8. The van der Waals surface area contributed by atoms with Crippen LogP contribution in [0.25, 0.3) is 0 Å². The molecule has 0 N–H and O–H groups in total. The molecular weight excluding hydrogens is 330 g/mol. The van der Waals surface area contributed by atoms with E-state index in [1.807, 2.05) is 32.7 Å². The van der Waals surface area contributed by atoms with Crippen molar-refractivity contribution in [3.8, 4) is 17.2 Å². The molecule has 1 amide bonds. The van der Waals surface area contributed by atoms with E-state index in [9.17, 15) is 4.79 Å². The summed E-state index contributed by atoms with van der Waals surface area (Å²) in [6.07, 6.45) is 4.49. The summed E-state index contributed by atoms with van der Waals surface area (Å²) in [7, 11) is 1.90. The highest BCUT2D eigenvalue weighted by Crippen LogP contribution is 2.39. The minimum atomic E-state index is 0.00880. The van der Waals surface area contributed by atoms with Crippen LogP contribution in [-0.4, -0.2) is 43.7 Å². The third kappa shape index (κ3) is 4.83. The molecule has 1 saturated carbocycles. The summed E-state index contributed by atoms with van der Waals surface area (Å²) in [6.45, 7) is 9.54. The fraction of sp³-hybridized carbons (Fsp3) is 0.667. The van der Waals surface area contributed by atoms with E-state index in [0.717, 1.165) is 18.8 Å². The van der Waals surface area contributed by atoms with Crippen LogP contribution in [0, 0.1) is 5.92 Å². The van der Waals surface area contributed by atoms with Gasteiger partial charge in [-0.15, -0.1) is 0 Å². The number of hydrogen-bond donors (Lipinski definition) is 0.